The second kappa shape index (κ2) is 3.35. The van der Waals surface area contributed by atoms with Crippen LogP contribution in [0.3, 0.4) is 0 Å². The number of nitrogens with zero attached hydrogens (tertiary/aromatic N) is 1. The van der Waals surface area contributed by atoms with Gasteiger partial charge >= 0.3 is 6.18 Å². The lowest BCUT2D eigenvalue weighted by atomic mass is 10.1. The standard InChI is InChI=1S/C6H11F3N2O2S/c1-14(12,13)11-2-4(5(10)3-11)6(7,8)9/h4-5H,2-3,10H2,1H3/t4-,5-/m0/s1. The van der Waals surface area contributed by atoms with Crippen molar-refractivity contribution in [2.75, 3.05) is 19.3 Å². The van der Waals surface area contributed by atoms with Gasteiger partial charge in [0.05, 0.1) is 12.2 Å². The summed E-state index contributed by atoms with van der Waals surface area (Å²) in [6.45, 7) is -0.827. The lowest BCUT2D eigenvalue weighted by Gasteiger charge is -2.17. The Morgan fingerprint density at radius 3 is 2.07 bits per heavy atom. The van der Waals surface area contributed by atoms with Gasteiger partial charge in [-0.05, 0) is 0 Å². The summed E-state index contributed by atoms with van der Waals surface area (Å²) < 4.78 is 59.5. The Bertz CT molecular complexity index is 314. The minimum atomic E-state index is -4.43. The quantitative estimate of drug-likeness (QED) is 0.679. The molecule has 0 aromatic rings. The molecule has 4 nitrogen and oxygen atoms in total. The summed E-state index contributed by atoms with van der Waals surface area (Å²) in [7, 11) is -3.58. The Morgan fingerprint density at radius 2 is 1.86 bits per heavy atom. The SMILES string of the molecule is CS(=O)(=O)N1C[C@H](N)[C@@H](C(F)(F)F)C1. The van der Waals surface area contributed by atoms with Gasteiger partial charge in [-0.2, -0.15) is 17.5 Å². The number of alkyl halides is 3. The van der Waals surface area contributed by atoms with Crippen LogP contribution in [-0.4, -0.2) is 44.3 Å². The maximum atomic E-state index is 12.3. The van der Waals surface area contributed by atoms with Gasteiger partial charge in [0.15, 0.2) is 0 Å². The largest absolute Gasteiger partial charge is 0.394 e. The molecule has 0 aliphatic carbocycles. The zero-order valence-electron chi connectivity index (χ0n) is 7.45. The van der Waals surface area contributed by atoms with Gasteiger partial charge in [-0.15, -0.1) is 0 Å². The Kier molecular flexibility index (Phi) is 2.81. The Hall–Kier alpha value is -0.340. The van der Waals surface area contributed by atoms with Gasteiger partial charge in [-0.3, -0.25) is 0 Å². The minimum Gasteiger partial charge on any atom is -0.326 e. The molecule has 0 bridgehead atoms. The summed E-state index contributed by atoms with van der Waals surface area (Å²) in [5.41, 5.74) is 5.23. The average Bonchev–Trinajstić information content (AvgIpc) is 2.27. The zero-order chi connectivity index (χ0) is 11.1. The van der Waals surface area contributed by atoms with Gasteiger partial charge in [0.2, 0.25) is 10.0 Å². The highest BCUT2D eigenvalue weighted by Crippen LogP contribution is 2.33. The maximum absolute atomic E-state index is 12.3. The predicted molar refractivity (Wildman–Crippen MR) is 43.9 cm³/mol. The highest BCUT2D eigenvalue weighted by atomic mass is 32.2. The summed E-state index contributed by atoms with van der Waals surface area (Å²) in [6.07, 6.45) is -3.56. The van der Waals surface area contributed by atoms with Crippen molar-refractivity contribution >= 4 is 10.0 Å². The minimum absolute atomic E-state index is 0.261. The molecule has 84 valence electrons. The topological polar surface area (TPSA) is 63.4 Å². The molecule has 1 heterocycles. The second-order valence-corrected chi connectivity index (χ2v) is 5.37. The highest BCUT2D eigenvalue weighted by Gasteiger charge is 2.50. The summed E-state index contributed by atoms with van der Waals surface area (Å²) in [6, 6.07) is -1.16. The molecule has 1 aliphatic rings. The van der Waals surface area contributed by atoms with E-state index < -0.39 is 34.7 Å². The van der Waals surface area contributed by atoms with E-state index in [0.717, 1.165) is 10.6 Å². The van der Waals surface area contributed by atoms with Crippen LogP contribution in [-0.2, 0) is 10.0 Å². The van der Waals surface area contributed by atoms with Gasteiger partial charge in [0, 0.05) is 19.1 Å². The zero-order valence-corrected chi connectivity index (χ0v) is 8.27. The van der Waals surface area contributed by atoms with Crippen molar-refractivity contribution in [2.45, 2.75) is 12.2 Å². The molecule has 1 rings (SSSR count). The van der Waals surface area contributed by atoms with Crippen LogP contribution in [0, 0.1) is 5.92 Å². The first-order chi connectivity index (χ1) is 6.12. The Balaban J connectivity index is 2.80. The fourth-order valence-corrected chi connectivity index (χ4v) is 2.28. The molecule has 14 heavy (non-hydrogen) atoms. The molecule has 0 unspecified atom stereocenters. The van der Waals surface area contributed by atoms with Crippen molar-refractivity contribution in [3.63, 3.8) is 0 Å². The first-order valence-corrected chi connectivity index (χ1v) is 5.74. The normalized spacial score (nSPS) is 30.9. The summed E-state index contributed by atoms with van der Waals surface area (Å²) in [5.74, 6) is -1.75. The fraction of sp³-hybridized carbons (Fsp3) is 1.00. The van der Waals surface area contributed by atoms with Crippen LogP contribution in [0.2, 0.25) is 0 Å². The van der Waals surface area contributed by atoms with Crippen LogP contribution < -0.4 is 5.73 Å². The van der Waals surface area contributed by atoms with E-state index in [2.05, 4.69) is 0 Å². The summed E-state index contributed by atoms with van der Waals surface area (Å²) >= 11 is 0. The molecular formula is C6H11F3N2O2S. The van der Waals surface area contributed by atoms with Gasteiger partial charge in [0.25, 0.3) is 0 Å². The number of nitrogens with two attached hydrogens (primary N) is 1. The predicted octanol–water partition coefficient (Wildman–Crippen LogP) is -0.233. The monoisotopic (exact) mass is 232 g/mol. The van der Waals surface area contributed by atoms with E-state index >= 15 is 0 Å². The second-order valence-electron chi connectivity index (χ2n) is 3.39. The lowest BCUT2D eigenvalue weighted by molar-refractivity contribution is -0.172. The molecule has 0 aromatic carbocycles. The average molecular weight is 232 g/mol. The van der Waals surface area contributed by atoms with Crippen molar-refractivity contribution in [1.82, 2.24) is 4.31 Å². The molecule has 0 radical (unpaired) electrons. The first-order valence-electron chi connectivity index (χ1n) is 3.90. The Morgan fingerprint density at radius 1 is 1.36 bits per heavy atom. The molecule has 1 aliphatic heterocycles. The van der Waals surface area contributed by atoms with Crippen LogP contribution in [0.25, 0.3) is 0 Å². The van der Waals surface area contributed by atoms with E-state index in [1.807, 2.05) is 0 Å². The van der Waals surface area contributed by atoms with Crippen molar-refractivity contribution < 1.29 is 21.6 Å². The molecule has 8 heteroatoms. The first kappa shape index (κ1) is 11.7. The van der Waals surface area contributed by atoms with Crippen LogP contribution in [0.5, 0.6) is 0 Å². The van der Waals surface area contributed by atoms with Crippen molar-refractivity contribution in [1.29, 1.82) is 0 Å². The molecular weight excluding hydrogens is 221 g/mol. The van der Waals surface area contributed by atoms with E-state index in [-0.39, 0.29) is 6.54 Å². The van der Waals surface area contributed by atoms with Crippen molar-refractivity contribution in [3.05, 3.63) is 0 Å². The Labute approximate surface area is 79.9 Å². The third-order valence-corrected chi connectivity index (χ3v) is 3.46. The smallest absolute Gasteiger partial charge is 0.326 e. The van der Waals surface area contributed by atoms with Gasteiger partial charge in [0.1, 0.15) is 0 Å². The van der Waals surface area contributed by atoms with E-state index in [1.54, 1.807) is 0 Å². The molecule has 2 atom stereocenters. The third-order valence-electron chi connectivity index (χ3n) is 2.22. The fourth-order valence-electron chi connectivity index (χ4n) is 1.41. The molecule has 1 saturated heterocycles. The van der Waals surface area contributed by atoms with E-state index in [9.17, 15) is 21.6 Å². The molecule has 0 amide bonds. The molecule has 0 saturated carbocycles. The third kappa shape index (κ3) is 2.37. The van der Waals surface area contributed by atoms with Gasteiger partial charge in [-0.25, -0.2) is 8.42 Å². The summed E-state index contributed by atoms with van der Waals surface area (Å²) in [4.78, 5) is 0. The number of halogens is 3. The lowest BCUT2D eigenvalue weighted by Crippen LogP contribution is -2.38. The van der Waals surface area contributed by atoms with E-state index in [0.29, 0.717) is 0 Å². The molecule has 0 aromatic heterocycles. The summed E-state index contributed by atoms with van der Waals surface area (Å²) in [5, 5.41) is 0. The van der Waals surface area contributed by atoms with E-state index in [4.69, 9.17) is 5.73 Å². The van der Waals surface area contributed by atoms with Gasteiger partial charge < -0.3 is 5.73 Å². The number of hydrogen-bond donors (Lipinski definition) is 1. The maximum Gasteiger partial charge on any atom is 0.394 e. The van der Waals surface area contributed by atoms with Crippen molar-refractivity contribution in [2.24, 2.45) is 11.7 Å². The highest BCUT2D eigenvalue weighted by molar-refractivity contribution is 7.88. The number of rotatable bonds is 1. The number of sulfonamides is 1. The van der Waals surface area contributed by atoms with Crippen LogP contribution in [0.1, 0.15) is 0 Å². The molecule has 0 spiro atoms. The molecule has 2 N–H and O–H groups in total. The van der Waals surface area contributed by atoms with Crippen molar-refractivity contribution in [3.8, 4) is 0 Å². The molecule has 1 fully saturated rings. The van der Waals surface area contributed by atoms with Crippen LogP contribution in [0.15, 0.2) is 0 Å². The van der Waals surface area contributed by atoms with Crippen LogP contribution in [0.4, 0.5) is 13.2 Å². The van der Waals surface area contributed by atoms with E-state index in [1.165, 1.54) is 0 Å². The van der Waals surface area contributed by atoms with Gasteiger partial charge in [-0.1, -0.05) is 0 Å². The number of hydrogen-bond acceptors (Lipinski definition) is 3. The van der Waals surface area contributed by atoms with Crippen LogP contribution >= 0.6 is 0 Å².